The molecule has 0 radical (unpaired) electrons. The molecule has 0 spiro atoms. The summed E-state index contributed by atoms with van der Waals surface area (Å²) in [6, 6.07) is 0. The van der Waals surface area contributed by atoms with E-state index >= 15 is 0 Å². The Morgan fingerprint density at radius 1 is 1.48 bits per heavy atom. The van der Waals surface area contributed by atoms with Crippen molar-refractivity contribution in [1.29, 1.82) is 0 Å². The molecule has 0 aromatic carbocycles. The molecule has 0 bridgehead atoms. The molecular formula is C12H16N2O5S2. The number of amides is 1. The van der Waals surface area contributed by atoms with Gasteiger partial charge in [-0.15, -0.1) is 11.3 Å². The zero-order chi connectivity index (χ0) is 16.2. The van der Waals surface area contributed by atoms with Crippen LogP contribution >= 0.6 is 11.3 Å². The normalized spacial score (nSPS) is 13.6. The fourth-order valence-corrected chi connectivity index (χ4v) is 2.48. The largest absolute Gasteiger partial charge is 0.478 e. The fourth-order valence-electron chi connectivity index (χ4n) is 1.23. The molecule has 116 valence electrons. The van der Waals surface area contributed by atoms with Crippen molar-refractivity contribution in [2.75, 3.05) is 11.6 Å². The van der Waals surface area contributed by atoms with Crippen LogP contribution < -0.4 is 5.32 Å². The molecule has 1 heterocycles. The van der Waals surface area contributed by atoms with Crippen LogP contribution in [-0.4, -0.2) is 38.2 Å². The van der Waals surface area contributed by atoms with Crippen molar-refractivity contribution in [3.63, 3.8) is 0 Å². The van der Waals surface area contributed by atoms with Gasteiger partial charge in [-0.1, -0.05) is 0 Å². The lowest BCUT2D eigenvalue weighted by Crippen LogP contribution is -2.27. The summed E-state index contributed by atoms with van der Waals surface area (Å²) < 4.78 is 16.2. The van der Waals surface area contributed by atoms with Crippen molar-refractivity contribution in [3.05, 3.63) is 16.5 Å². The number of aliphatic carboxylic acids is 1. The molecule has 1 aromatic rings. The van der Waals surface area contributed by atoms with E-state index in [0.29, 0.717) is 0 Å². The standard InChI is InChI=1S/C12H16N2O5S2/c1-12(2,3)19-11(17)14-10-13-8(5-20-10)7(9(15)16)6-21(4)18/h5-6H,1-4H3,(H,15,16)(H,13,14,17). The van der Waals surface area contributed by atoms with Gasteiger partial charge in [0.15, 0.2) is 5.13 Å². The zero-order valence-electron chi connectivity index (χ0n) is 12.0. The van der Waals surface area contributed by atoms with Gasteiger partial charge >= 0.3 is 12.1 Å². The lowest BCUT2D eigenvalue weighted by atomic mass is 10.2. The van der Waals surface area contributed by atoms with Crippen LogP contribution in [0.4, 0.5) is 9.93 Å². The van der Waals surface area contributed by atoms with E-state index in [1.807, 2.05) is 0 Å². The summed E-state index contributed by atoms with van der Waals surface area (Å²) in [7, 11) is -1.42. The Hall–Kier alpha value is -1.74. The average Bonchev–Trinajstić information content (AvgIpc) is 2.70. The molecule has 0 aliphatic heterocycles. The smallest absolute Gasteiger partial charge is 0.413 e. The third-order valence-corrected chi connectivity index (χ3v) is 3.23. The average molecular weight is 332 g/mol. The van der Waals surface area contributed by atoms with Gasteiger partial charge in [0, 0.05) is 27.8 Å². The molecule has 0 aliphatic carbocycles. The zero-order valence-corrected chi connectivity index (χ0v) is 13.6. The van der Waals surface area contributed by atoms with E-state index < -0.39 is 28.5 Å². The number of carboxylic acid groups (broad SMARTS) is 1. The number of aromatic nitrogens is 1. The monoisotopic (exact) mass is 332 g/mol. The topological polar surface area (TPSA) is 106 Å². The van der Waals surface area contributed by atoms with Crippen LogP contribution in [0.15, 0.2) is 10.8 Å². The highest BCUT2D eigenvalue weighted by molar-refractivity contribution is 7.87. The first kappa shape index (κ1) is 17.3. The Bertz CT molecular complexity index is 601. The summed E-state index contributed by atoms with van der Waals surface area (Å²) in [5.41, 5.74) is -0.687. The van der Waals surface area contributed by atoms with Gasteiger partial charge < -0.3 is 9.84 Å². The molecule has 1 atom stereocenters. The summed E-state index contributed by atoms with van der Waals surface area (Å²) in [5, 5.41) is 14.2. The van der Waals surface area contributed by atoms with Crippen molar-refractivity contribution < 1.29 is 23.6 Å². The number of carbonyl (C=O) groups excluding carboxylic acids is 1. The first-order chi connectivity index (χ1) is 9.58. The molecule has 9 heteroatoms. The Morgan fingerprint density at radius 2 is 2.10 bits per heavy atom. The number of nitrogens with zero attached hydrogens (tertiary/aromatic N) is 1. The van der Waals surface area contributed by atoms with E-state index in [1.54, 1.807) is 20.8 Å². The number of carbonyl (C=O) groups is 2. The van der Waals surface area contributed by atoms with E-state index in [-0.39, 0.29) is 16.4 Å². The predicted molar refractivity (Wildman–Crippen MR) is 81.6 cm³/mol. The number of nitrogens with one attached hydrogen (secondary N) is 1. The minimum Gasteiger partial charge on any atom is -0.478 e. The van der Waals surface area contributed by atoms with E-state index in [9.17, 15) is 13.8 Å². The molecule has 1 aromatic heterocycles. The molecule has 0 saturated heterocycles. The predicted octanol–water partition coefficient (Wildman–Crippen LogP) is 2.29. The molecule has 7 nitrogen and oxygen atoms in total. The van der Waals surface area contributed by atoms with Crippen molar-refractivity contribution in [3.8, 4) is 0 Å². The van der Waals surface area contributed by atoms with Crippen LogP contribution in [-0.2, 0) is 20.3 Å². The Morgan fingerprint density at radius 3 is 2.57 bits per heavy atom. The first-order valence-corrected chi connectivity index (χ1v) is 8.32. The van der Waals surface area contributed by atoms with Gasteiger partial charge in [0.2, 0.25) is 0 Å². The van der Waals surface area contributed by atoms with E-state index in [2.05, 4.69) is 10.3 Å². The summed E-state index contributed by atoms with van der Waals surface area (Å²) in [6.07, 6.45) is 0.679. The lowest BCUT2D eigenvalue weighted by Gasteiger charge is -2.18. The second kappa shape index (κ2) is 6.81. The number of hydrogen-bond acceptors (Lipinski definition) is 6. The van der Waals surface area contributed by atoms with Crippen molar-refractivity contribution in [2.24, 2.45) is 0 Å². The summed E-state index contributed by atoms with van der Waals surface area (Å²) in [5.74, 6) is -1.24. The Kier molecular flexibility index (Phi) is 5.62. The maximum absolute atomic E-state index is 11.6. The summed E-state index contributed by atoms with van der Waals surface area (Å²) in [6.45, 7) is 5.17. The second-order valence-electron chi connectivity index (χ2n) is 5.00. The van der Waals surface area contributed by atoms with Crippen LogP contribution in [0.25, 0.3) is 5.57 Å². The molecule has 0 saturated carbocycles. The molecule has 1 unspecified atom stereocenters. The van der Waals surface area contributed by atoms with Crippen molar-refractivity contribution in [1.82, 2.24) is 4.98 Å². The SMILES string of the molecule is CS(=O)C=C(C(=O)O)c1csc(NC(=O)OC(C)(C)C)n1. The minimum absolute atomic E-state index is 0.133. The van der Waals surface area contributed by atoms with Gasteiger partial charge in [-0.2, -0.15) is 0 Å². The van der Waals surface area contributed by atoms with Crippen LogP contribution in [0.2, 0.25) is 0 Å². The molecule has 0 aliphatic rings. The quantitative estimate of drug-likeness (QED) is 0.820. The van der Waals surface area contributed by atoms with Crippen LogP contribution in [0.1, 0.15) is 26.5 Å². The van der Waals surface area contributed by atoms with E-state index in [0.717, 1.165) is 16.7 Å². The summed E-state index contributed by atoms with van der Waals surface area (Å²) >= 11 is 1.05. The number of anilines is 1. The minimum atomic E-state index is -1.42. The number of hydrogen-bond donors (Lipinski definition) is 2. The number of carboxylic acids is 1. The maximum Gasteiger partial charge on any atom is 0.413 e. The van der Waals surface area contributed by atoms with Crippen molar-refractivity contribution >= 4 is 44.9 Å². The molecular weight excluding hydrogens is 316 g/mol. The van der Waals surface area contributed by atoms with Crippen LogP contribution in [0.3, 0.4) is 0 Å². The highest BCUT2D eigenvalue weighted by Gasteiger charge is 2.19. The fraction of sp³-hybridized carbons (Fsp3) is 0.417. The Labute approximate surface area is 128 Å². The third kappa shape index (κ3) is 6.05. The van der Waals surface area contributed by atoms with Crippen LogP contribution in [0, 0.1) is 0 Å². The molecule has 1 amide bonds. The van der Waals surface area contributed by atoms with E-state index in [1.165, 1.54) is 11.6 Å². The molecule has 21 heavy (non-hydrogen) atoms. The highest BCUT2D eigenvalue weighted by atomic mass is 32.2. The molecule has 1 rings (SSSR count). The van der Waals surface area contributed by atoms with E-state index in [4.69, 9.17) is 9.84 Å². The van der Waals surface area contributed by atoms with Gasteiger partial charge in [0.1, 0.15) is 5.60 Å². The number of thiazole rings is 1. The first-order valence-electron chi connectivity index (χ1n) is 5.82. The van der Waals surface area contributed by atoms with Gasteiger partial charge in [0.05, 0.1) is 11.3 Å². The number of rotatable bonds is 4. The third-order valence-electron chi connectivity index (χ3n) is 1.90. The highest BCUT2D eigenvalue weighted by Crippen LogP contribution is 2.22. The van der Waals surface area contributed by atoms with Crippen LogP contribution in [0.5, 0.6) is 0 Å². The Balaban J connectivity index is 2.88. The van der Waals surface area contributed by atoms with Gasteiger partial charge in [-0.3, -0.25) is 9.53 Å². The summed E-state index contributed by atoms with van der Waals surface area (Å²) in [4.78, 5) is 26.7. The lowest BCUT2D eigenvalue weighted by molar-refractivity contribution is -0.130. The molecule has 2 N–H and O–H groups in total. The van der Waals surface area contributed by atoms with Crippen molar-refractivity contribution in [2.45, 2.75) is 26.4 Å². The number of ether oxygens (including phenoxy) is 1. The van der Waals surface area contributed by atoms with Gasteiger partial charge in [-0.05, 0) is 20.8 Å². The second-order valence-corrected chi connectivity index (χ2v) is 7.09. The molecule has 0 fully saturated rings. The maximum atomic E-state index is 11.6. The van der Waals surface area contributed by atoms with Gasteiger partial charge in [0.25, 0.3) is 0 Å². The van der Waals surface area contributed by atoms with Gasteiger partial charge in [-0.25, -0.2) is 14.6 Å².